The van der Waals surface area contributed by atoms with Gasteiger partial charge in [0.25, 0.3) is 5.91 Å². The number of benzene rings is 1. The van der Waals surface area contributed by atoms with Crippen molar-refractivity contribution in [2.24, 2.45) is 5.92 Å². The van der Waals surface area contributed by atoms with E-state index in [0.717, 1.165) is 37.2 Å². The molecule has 1 aliphatic heterocycles. The van der Waals surface area contributed by atoms with Crippen LogP contribution < -0.4 is 4.74 Å². The monoisotopic (exact) mass is 301 g/mol. The second-order valence-corrected chi connectivity index (χ2v) is 5.60. The molecule has 1 aromatic carbocycles. The number of ether oxygens (including phenoxy) is 2. The summed E-state index contributed by atoms with van der Waals surface area (Å²) in [5, 5.41) is 0. The molecule has 0 radical (unpaired) electrons. The fourth-order valence-corrected chi connectivity index (χ4v) is 2.58. The Labute approximate surface area is 132 Å². The molecule has 4 nitrogen and oxygen atoms in total. The number of aryl methyl sites for hydroxylation is 1. The topological polar surface area (TPSA) is 38.8 Å². The predicted molar refractivity (Wildman–Crippen MR) is 85.6 cm³/mol. The van der Waals surface area contributed by atoms with Crippen molar-refractivity contribution in [3.8, 4) is 18.1 Å². The van der Waals surface area contributed by atoms with Crippen LogP contribution in [0.4, 0.5) is 0 Å². The minimum absolute atomic E-state index is 0.0475. The normalized spacial score (nSPS) is 15.4. The molecule has 0 atom stereocenters. The molecule has 1 heterocycles. The largest absolute Gasteiger partial charge is 0.484 e. The predicted octanol–water partition coefficient (Wildman–Crippen LogP) is 2.26. The van der Waals surface area contributed by atoms with Gasteiger partial charge in [-0.05, 0) is 37.3 Å². The Morgan fingerprint density at radius 2 is 2.09 bits per heavy atom. The zero-order chi connectivity index (χ0) is 15.8. The molecule has 0 N–H and O–H groups in total. The van der Waals surface area contributed by atoms with Gasteiger partial charge in [-0.15, -0.1) is 6.42 Å². The first-order valence-corrected chi connectivity index (χ1v) is 7.68. The van der Waals surface area contributed by atoms with E-state index in [1.165, 1.54) is 0 Å². The maximum absolute atomic E-state index is 12.2. The lowest BCUT2D eigenvalue weighted by Gasteiger charge is -2.31. The second-order valence-electron chi connectivity index (χ2n) is 5.60. The van der Waals surface area contributed by atoms with Crippen LogP contribution in [-0.4, -0.2) is 43.7 Å². The highest BCUT2D eigenvalue weighted by molar-refractivity contribution is 5.77. The van der Waals surface area contributed by atoms with Crippen molar-refractivity contribution < 1.29 is 14.3 Å². The van der Waals surface area contributed by atoms with E-state index in [2.05, 4.69) is 5.92 Å². The summed E-state index contributed by atoms with van der Waals surface area (Å²) in [7, 11) is 0. The van der Waals surface area contributed by atoms with Crippen LogP contribution in [0.15, 0.2) is 24.3 Å². The van der Waals surface area contributed by atoms with Crippen LogP contribution in [-0.2, 0) is 9.53 Å². The van der Waals surface area contributed by atoms with Crippen molar-refractivity contribution in [3.63, 3.8) is 0 Å². The molecule has 0 aromatic heterocycles. The molecule has 0 aliphatic carbocycles. The minimum atomic E-state index is 0.0475. The van der Waals surface area contributed by atoms with Gasteiger partial charge in [-0.25, -0.2) is 0 Å². The number of hydrogen-bond donors (Lipinski definition) is 0. The van der Waals surface area contributed by atoms with Gasteiger partial charge in [0.15, 0.2) is 6.61 Å². The number of para-hydroxylation sites is 1. The summed E-state index contributed by atoms with van der Waals surface area (Å²) in [4.78, 5) is 14.1. The molecule has 2 rings (SSSR count). The zero-order valence-electron chi connectivity index (χ0n) is 13.1. The van der Waals surface area contributed by atoms with Gasteiger partial charge < -0.3 is 14.4 Å². The van der Waals surface area contributed by atoms with Gasteiger partial charge in [-0.1, -0.05) is 24.1 Å². The molecule has 0 spiro atoms. The van der Waals surface area contributed by atoms with Crippen LogP contribution in [0.1, 0.15) is 18.4 Å². The Balaban J connectivity index is 1.71. The average molecular weight is 301 g/mol. The average Bonchev–Trinajstić information content (AvgIpc) is 2.55. The molecule has 118 valence electrons. The first-order chi connectivity index (χ1) is 10.7. The summed E-state index contributed by atoms with van der Waals surface area (Å²) in [6, 6.07) is 7.73. The van der Waals surface area contributed by atoms with E-state index in [1.54, 1.807) is 0 Å². The lowest BCUT2D eigenvalue weighted by molar-refractivity contribution is -0.135. The highest BCUT2D eigenvalue weighted by Gasteiger charge is 2.23. The van der Waals surface area contributed by atoms with E-state index in [0.29, 0.717) is 19.1 Å². The molecule has 1 fully saturated rings. The molecule has 1 saturated heterocycles. The Bertz CT molecular complexity index is 527. The molecular formula is C18H23NO3. The van der Waals surface area contributed by atoms with Crippen LogP contribution in [0.25, 0.3) is 0 Å². The van der Waals surface area contributed by atoms with Gasteiger partial charge in [0.05, 0.1) is 6.61 Å². The smallest absolute Gasteiger partial charge is 0.260 e. The third kappa shape index (κ3) is 4.78. The fourth-order valence-electron chi connectivity index (χ4n) is 2.58. The number of amides is 1. The van der Waals surface area contributed by atoms with E-state index < -0.39 is 0 Å². The van der Waals surface area contributed by atoms with Gasteiger partial charge in [-0.2, -0.15) is 0 Å². The van der Waals surface area contributed by atoms with Gasteiger partial charge in [0, 0.05) is 13.1 Å². The summed E-state index contributed by atoms with van der Waals surface area (Å²) in [6.07, 6.45) is 7.07. The molecule has 22 heavy (non-hydrogen) atoms. The van der Waals surface area contributed by atoms with Crippen molar-refractivity contribution in [2.75, 3.05) is 32.9 Å². The summed E-state index contributed by atoms with van der Waals surface area (Å²) in [5.41, 5.74) is 1.04. The van der Waals surface area contributed by atoms with Crippen LogP contribution in [0.2, 0.25) is 0 Å². The van der Waals surface area contributed by atoms with Gasteiger partial charge in [0.1, 0.15) is 12.4 Å². The molecule has 0 saturated carbocycles. The molecule has 4 heteroatoms. The third-order valence-electron chi connectivity index (χ3n) is 3.95. The van der Waals surface area contributed by atoms with Crippen LogP contribution >= 0.6 is 0 Å². The quantitative estimate of drug-likeness (QED) is 0.597. The van der Waals surface area contributed by atoms with E-state index in [-0.39, 0.29) is 12.5 Å². The standard InChI is InChI=1S/C18H23NO3/c1-3-12-21-13-16-8-10-19(11-9-16)18(20)14-22-17-7-5-4-6-15(17)2/h1,4-7,16H,8-14H2,2H3. The van der Waals surface area contributed by atoms with Crippen molar-refractivity contribution in [3.05, 3.63) is 29.8 Å². The Kier molecular flexibility index (Phi) is 6.29. The van der Waals surface area contributed by atoms with Crippen molar-refractivity contribution in [1.29, 1.82) is 0 Å². The van der Waals surface area contributed by atoms with Crippen molar-refractivity contribution in [1.82, 2.24) is 4.90 Å². The number of terminal acetylenes is 1. The van der Waals surface area contributed by atoms with Gasteiger partial charge in [-0.3, -0.25) is 4.79 Å². The maximum Gasteiger partial charge on any atom is 0.260 e. The number of piperidine rings is 1. The van der Waals surface area contributed by atoms with Crippen LogP contribution in [0, 0.1) is 25.2 Å². The van der Waals surface area contributed by atoms with Crippen molar-refractivity contribution >= 4 is 5.91 Å². The summed E-state index contributed by atoms with van der Waals surface area (Å²) < 4.78 is 11.0. The second kappa shape index (κ2) is 8.45. The summed E-state index contributed by atoms with van der Waals surface area (Å²) >= 11 is 0. The first-order valence-electron chi connectivity index (χ1n) is 7.68. The SMILES string of the molecule is C#CCOCC1CCN(C(=O)COc2ccccc2C)CC1. The van der Waals surface area contributed by atoms with Crippen LogP contribution in [0.3, 0.4) is 0 Å². The summed E-state index contributed by atoms with van der Waals surface area (Å²) in [5.74, 6) is 3.78. The van der Waals surface area contributed by atoms with E-state index in [4.69, 9.17) is 15.9 Å². The highest BCUT2D eigenvalue weighted by Crippen LogP contribution is 2.19. The number of likely N-dealkylation sites (tertiary alicyclic amines) is 1. The minimum Gasteiger partial charge on any atom is -0.484 e. The number of rotatable bonds is 6. The highest BCUT2D eigenvalue weighted by atomic mass is 16.5. The number of carbonyl (C=O) groups is 1. The Morgan fingerprint density at radius 1 is 1.36 bits per heavy atom. The Hall–Kier alpha value is -1.99. The lowest BCUT2D eigenvalue weighted by Crippen LogP contribution is -2.41. The Morgan fingerprint density at radius 3 is 2.77 bits per heavy atom. The van der Waals surface area contributed by atoms with E-state index >= 15 is 0 Å². The molecule has 0 bridgehead atoms. The first kappa shape index (κ1) is 16.4. The molecule has 1 aliphatic rings. The number of carbonyl (C=O) groups excluding carboxylic acids is 1. The van der Waals surface area contributed by atoms with E-state index in [1.807, 2.05) is 36.1 Å². The number of hydrogen-bond acceptors (Lipinski definition) is 3. The maximum atomic E-state index is 12.2. The third-order valence-corrected chi connectivity index (χ3v) is 3.95. The van der Waals surface area contributed by atoms with Gasteiger partial charge >= 0.3 is 0 Å². The fraction of sp³-hybridized carbons (Fsp3) is 0.500. The summed E-state index contributed by atoms with van der Waals surface area (Å²) in [6.45, 7) is 4.65. The molecule has 1 amide bonds. The van der Waals surface area contributed by atoms with Gasteiger partial charge in [0.2, 0.25) is 0 Å². The lowest BCUT2D eigenvalue weighted by atomic mass is 9.98. The van der Waals surface area contributed by atoms with E-state index in [9.17, 15) is 4.79 Å². The van der Waals surface area contributed by atoms with Crippen molar-refractivity contribution in [2.45, 2.75) is 19.8 Å². The zero-order valence-corrected chi connectivity index (χ0v) is 13.1. The molecular weight excluding hydrogens is 278 g/mol. The number of nitrogens with zero attached hydrogens (tertiary/aromatic N) is 1. The molecule has 1 aromatic rings. The van der Waals surface area contributed by atoms with Crippen LogP contribution in [0.5, 0.6) is 5.75 Å². The molecule has 0 unspecified atom stereocenters.